The average Bonchev–Trinajstić information content (AvgIpc) is 2.40. The van der Waals surface area contributed by atoms with Crippen LogP contribution in [0.15, 0.2) is 52.0 Å². The number of halogens is 1. The zero-order valence-corrected chi connectivity index (χ0v) is 13.0. The quantitative estimate of drug-likeness (QED) is 0.772. The maximum absolute atomic E-state index is 11.9. The summed E-state index contributed by atoms with van der Waals surface area (Å²) < 4.78 is 0.929. The Morgan fingerprint density at radius 1 is 1.26 bits per heavy atom. The number of aromatic nitrogens is 1. The lowest BCUT2D eigenvalue weighted by Gasteiger charge is -2.04. The smallest absolute Gasteiger partial charge is 0.149 e. The van der Waals surface area contributed by atoms with Gasteiger partial charge < -0.3 is 0 Å². The van der Waals surface area contributed by atoms with Crippen molar-refractivity contribution in [3.05, 3.63) is 58.3 Å². The van der Waals surface area contributed by atoms with Crippen LogP contribution in [0.4, 0.5) is 0 Å². The van der Waals surface area contributed by atoms with Crippen LogP contribution in [0.5, 0.6) is 0 Å². The number of aryl methyl sites for hydroxylation is 1. The van der Waals surface area contributed by atoms with Crippen LogP contribution in [0.1, 0.15) is 11.3 Å². The molecule has 2 nitrogen and oxygen atoms in total. The summed E-state index contributed by atoms with van der Waals surface area (Å²) in [6.07, 6.45) is 2.11. The fourth-order valence-corrected chi connectivity index (χ4v) is 2.76. The van der Waals surface area contributed by atoms with Crippen molar-refractivity contribution in [2.24, 2.45) is 0 Å². The molecular weight excluding hydrogens is 322 g/mol. The van der Waals surface area contributed by atoms with Gasteiger partial charge in [-0.05, 0) is 46.6 Å². The fraction of sp³-hybridized carbons (Fsp3) is 0.200. The maximum Gasteiger partial charge on any atom is 0.149 e. The van der Waals surface area contributed by atoms with E-state index in [1.807, 2.05) is 30.3 Å². The Hall–Kier alpha value is -1.13. The van der Waals surface area contributed by atoms with Crippen molar-refractivity contribution in [3.63, 3.8) is 0 Å². The van der Waals surface area contributed by atoms with E-state index in [1.165, 1.54) is 10.5 Å². The topological polar surface area (TPSA) is 30.0 Å². The molecule has 0 aliphatic carbocycles. The van der Waals surface area contributed by atoms with Gasteiger partial charge in [-0.3, -0.25) is 9.78 Å². The highest BCUT2D eigenvalue weighted by molar-refractivity contribution is 9.10. The molecule has 0 saturated heterocycles. The number of hydrogen-bond acceptors (Lipinski definition) is 3. The third kappa shape index (κ3) is 4.48. The van der Waals surface area contributed by atoms with Gasteiger partial charge in [0.1, 0.15) is 5.78 Å². The van der Waals surface area contributed by atoms with Crippen molar-refractivity contribution in [2.45, 2.75) is 18.2 Å². The minimum Gasteiger partial charge on any atom is -0.298 e. The first-order valence-corrected chi connectivity index (χ1v) is 7.73. The number of benzene rings is 1. The molecule has 4 heteroatoms. The molecule has 0 fully saturated rings. The number of pyridine rings is 1. The highest BCUT2D eigenvalue weighted by Gasteiger charge is 2.07. The Balaban J connectivity index is 1.88. The molecule has 0 saturated carbocycles. The van der Waals surface area contributed by atoms with Gasteiger partial charge in [-0.2, -0.15) is 0 Å². The van der Waals surface area contributed by atoms with E-state index in [9.17, 15) is 4.79 Å². The lowest BCUT2D eigenvalue weighted by atomic mass is 10.2. The second-order valence-electron chi connectivity index (χ2n) is 4.24. The zero-order chi connectivity index (χ0) is 13.7. The second kappa shape index (κ2) is 6.87. The van der Waals surface area contributed by atoms with Gasteiger partial charge in [-0.25, -0.2) is 0 Å². The average molecular weight is 336 g/mol. The molecule has 0 aliphatic heterocycles. The number of nitrogens with zero attached hydrogens (tertiary/aromatic N) is 1. The summed E-state index contributed by atoms with van der Waals surface area (Å²) in [4.78, 5) is 17.3. The molecule has 0 amide bonds. The van der Waals surface area contributed by atoms with Crippen LogP contribution >= 0.6 is 27.7 Å². The van der Waals surface area contributed by atoms with E-state index in [1.54, 1.807) is 18.0 Å². The Morgan fingerprint density at radius 2 is 2.05 bits per heavy atom. The normalized spacial score (nSPS) is 10.4. The van der Waals surface area contributed by atoms with Gasteiger partial charge in [0.25, 0.3) is 0 Å². The van der Waals surface area contributed by atoms with Crippen LogP contribution in [0, 0.1) is 6.92 Å². The molecule has 1 heterocycles. The molecule has 0 unspecified atom stereocenters. The molecule has 0 N–H and O–H groups in total. The highest BCUT2D eigenvalue weighted by atomic mass is 79.9. The summed E-state index contributed by atoms with van der Waals surface area (Å²) >= 11 is 4.92. The van der Waals surface area contributed by atoms with Crippen molar-refractivity contribution in [1.82, 2.24) is 4.98 Å². The number of carbonyl (C=O) groups is 1. The molecule has 0 atom stereocenters. The van der Waals surface area contributed by atoms with E-state index in [4.69, 9.17) is 0 Å². The van der Waals surface area contributed by atoms with E-state index >= 15 is 0 Å². The fourth-order valence-electron chi connectivity index (χ4n) is 1.64. The predicted molar refractivity (Wildman–Crippen MR) is 82.6 cm³/mol. The molecule has 1 aromatic carbocycles. The van der Waals surface area contributed by atoms with Crippen molar-refractivity contribution in [3.8, 4) is 0 Å². The van der Waals surface area contributed by atoms with Crippen molar-refractivity contribution in [1.29, 1.82) is 0 Å². The molecule has 19 heavy (non-hydrogen) atoms. The van der Waals surface area contributed by atoms with Crippen LogP contribution in [0.25, 0.3) is 0 Å². The van der Waals surface area contributed by atoms with E-state index in [0.717, 1.165) is 10.2 Å². The molecule has 0 bridgehead atoms. The summed E-state index contributed by atoms with van der Waals surface area (Å²) in [6, 6.07) is 11.9. The van der Waals surface area contributed by atoms with Gasteiger partial charge in [0.15, 0.2) is 0 Å². The summed E-state index contributed by atoms with van der Waals surface area (Å²) in [5, 5.41) is 0. The van der Waals surface area contributed by atoms with E-state index in [-0.39, 0.29) is 5.78 Å². The number of hydrogen-bond donors (Lipinski definition) is 0. The Morgan fingerprint density at radius 3 is 2.74 bits per heavy atom. The monoisotopic (exact) mass is 335 g/mol. The van der Waals surface area contributed by atoms with Crippen molar-refractivity contribution in [2.75, 3.05) is 5.75 Å². The third-order valence-corrected chi connectivity index (χ3v) is 4.35. The van der Waals surface area contributed by atoms with Crippen LogP contribution in [-0.2, 0) is 11.2 Å². The Kier molecular flexibility index (Phi) is 5.16. The molecular formula is C15H14BrNOS. The molecule has 2 aromatic rings. The third-order valence-electron chi connectivity index (χ3n) is 2.65. The van der Waals surface area contributed by atoms with Gasteiger partial charge in [0.05, 0.1) is 5.75 Å². The van der Waals surface area contributed by atoms with Crippen LogP contribution in [-0.4, -0.2) is 16.5 Å². The minimum atomic E-state index is 0.197. The van der Waals surface area contributed by atoms with Crippen LogP contribution < -0.4 is 0 Å². The number of Topliss-reactive ketones (excluding diaryl/α,β-unsaturated/α-hetero) is 1. The van der Waals surface area contributed by atoms with Gasteiger partial charge in [-0.15, -0.1) is 11.8 Å². The van der Waals surface area contributed by atoms with Crippen molar-refractivity contribution < 1.29 is 4.79 Å². The largest absolute Gasteiger partial charge is 0.298 e. The first kappa shape index (κ1) is 14.3. The standard InChI is InChI=1S/C15H14BrNOS/c1-11-4-2-3-5-15(11)19-10-14(18)8-13-7-6-12(16)9-17-13/h2-7,9H,8,10H2,1H3. The Labute approximate surface area is 125 Å². The van der Waals surface area contributed by atoms with Crippen LogP contribution in [0.2, 0.25) is 0 Å². The highest BCUT2D eigenvalue weighted by Crippen LogP contribution is 2.22. The number of carbonyl (C=O) groups excluding carboxylic acids is 1. The van der Waals surface area contributed by atoms with E-state index < -0.39 is 0 Å². The van der Waals surface area contributed by atoms with Gasteiger partial charge >= 0.3 is 0 Å². The van der Waals surface area contributed by atoms with E-state index in [0.29, 0.717) is 12.2 Å². The number of rotatable bonds is 5. The Bertz CT molecular complexity index is 569. The van der Waals surface area contributed by atoms with Gasteiger partial charge in [0, 0.05) is 27.7 Å². The summed E-state index contributed by atoms with van der Waals surface area (Å²) in [5.41, 5.74) is 2.03. The predicted octanol–water partition coefficient (Wildman–Crippen LogP) is 4.06. The SMILES string of the molecule is Cc1ccccc1SCC(=O)Cc1ccc(Br)cn1. The molecule has 0 spiro atoms. The summed E-state index contributed by atoms with van der Waals surface area (Å²) in [6.45, 7) is 2.06. The number of ketones is 1. The molecule has 0 aliphatic rings. The summed E-state index contributed by atoms with van der Waals surface area (Å²) in [5.74, 6) is 0.686. The van der Waals surface area contributed by atoms with Gasteiger partial charge in [0.2, 0.25) is 0 Å². The van der Waals surface area contributed by atoms with Crippen molar-refractivity contribution >= 4 is 33.5 Å². The summed E-state index contributed by atoms with van der Waals surface area (Å²) in [7, 11) is 0. The number of thioether (sulfide) groups is 1. The zero-order valence-electron chi connectivity index (χ0n) is 10.6. The minimum absolute atomic E-state index is 0.197. The maximum atomic E-state index is 11.9. The molecule has 2 rings (SSSR count). The van der Waals surface area contributed by atoms with Gasteiger partial charge in [-0.1, -0.05) is 18.2 Å². The second-order valence-corrected chi connectivity index (χ2v) is 6.17. The lowest BCUT2D eigenvalue weighted by Crippen LogP contribution is -2.07. The van der Waals surface area contributed by atoms with E-state index in [2.05, 4.69) is 33.9 Å². The first-order chi connectivity index (χ1) is 9.15. The first-order valence-electron chi connectivity index (χ1n) is 5.96. The molecule has 0 radical (unpaired) electrons. The molecule has 98 valence electrons. The molecule has 1 aromatic heterocycles. The van der Waals surface area contributed by atoms with Crippen LogP contribution in [0.3, 0.4) is 0 Å². The lowest BCUT2D eigenvalue weighted by molar-refractivity contribution is -0.116.